The Morgan fingerprint density at radius 1 is 0.923 bits per heavy atom. The fourth-order valence-electron chi connectivity index (χ4n) is 4.15. The van der Waals surface area contributed by atoms with Crippen molar-refractivity contribution in [2.45, 2.75) is 42.4 Å². The quantitative estimate of drug-likeness (QED) is 0.820. The van der Waals surface area contributed by atoms with Gasteiger partial charge in [-0.15, -0.1) is 0 Å². The molecule has 1 aliphatic carbocycles. The zero-order valence-corrected chi connectivity index (χ0v) is 15.5. The van der Waals surface area contributed by atoms with Crippen LogP contribution in [0.25, 0.3) is 0 Å². The van der Waals surface area contributed by atoms with Gasteiger partial charge in [-0.05, 0) is 28.7 Å². The first-order chi connectivity index (χ1) is 12.2. The first-order valence-corrected chi connectivity index (χ1v) is 10.1. The average Bonchev–Trinajstić information content (AvgIpc) is 2.56. The summed E-state index contributed by atoms with van der Waals surface area (Å²) in [6.45, 7) is 3.90. The van der Waals surface area contributed by atoms with E-state index >= 15 is 0 Å². The third-order valence-corrected chi connectivity index (χ3v) is 7.13. The predicted octanol–water partition coefficient (Wildman–Crippen LogP) is 4.17. The van der Waals surface area contributed by atoms with E-state index in [1.165, 1.54) is 0 Å². The maximum atomic E-state index is 13.0. The average molecular weight is 368 g/mol. The van der Waals surface area contributed by atoms with Gasteiger partial charge in [0, 0.05) is 24.3 Å². The van der Waals surface area contributed by atoms with E-state index in [2.05, 4.69) is 0 Å². The van der Waals surface area contributed by atoms with Crippen LogP contribution in [-0.4, -0.2) is 19.3 Å². The molecule has 2 aromatic carbocycles. The summed E-state index contributed by atoms with van der Waals surface area (Å²) < 4.78 is 26.1. The lowest BCUT2D eigenvalue weighted by Crippen LogP contribution is -2.31. The van der Waals surface area contributed by atoms with E-state index in [4.69, 9.17) is 0 Å². The molecule has 0 atom stereocenters. The molecule has 0 amide bonds. The molecular weight excluding hydrogens is 348 g/mol. The Hall–Kier alpha value is -2.40. The van der Waals surface area contributed by atoms with E-state index in [1.54, 1.807) is 48.5 Å². The van der Waals surface area contributed by atoms with Gasteiger partial charge in [0.05, 0.1) is 9.79 Å². The van der Waals surface area contributed by atoms with Crippen LogP contribution in [-0.2, 0) is 14.6 Å². The van der Waals surface area contributed by atoms with E-state index in [1.807, 2.05) is 13.8 Å². The predicted molar refractivity (Wildman–Crippen MR) is 97.9 cm³/mol. The second kappa shape index (κ2) is 5.55. The van der Waals surface area contributed by atoms with Crippen LogP contribution in [0, 0.1) is 5.41 Å². The highest BCUT2D eigenvalue weighted by Gasteiger charge is 2.43. The minimum atomic E-state index is -3.65. The van der Waals surface area contributed by atoms with Gasteiger partial charge < -0.3 is 5.11 Å². The SMILES string of the molecule is CC1(C)CC(=O)C(C2c3ccccc3S(=O)(=O)c3ccccc32)=C(O)C1. The molecule has 2 aliphatic rings. The largest absolute Gasteiger partial charge is 0.512 e. The molecule has 0 spiro atoms. The molecule has 0 bridgehead atoms. The van der Waals surface area contributed by atoms with Gasteiger partial charge in [-0.25, -0.2) is 8.42 Å². The maximum absolute atomic E-state index is 13.0. The van der Waals surface area contributed by atoms with Crippen molar-refractivity contribution in [3.05, 3.63) is 71.0 Å². The Morgan fingerprint density at radius 2 is 1.42 bits per heavy atom. The number of carbonyl (C=O) groups is 1. The van der Waals surface area contributed by atoms with Gasteiger partial charge in [0.15, 0.2) is 5.78 Å². The molecule has 0 saturated heterocycles. The first-order valence-electron chi connectivity index (χ1n) is 8.60. The highest BCUT2D eigenvalue weighted by atomic mass is 32.2. The van der Waals surface area contributed by atoms with E-state index in [-0.39, 0.29) is 26.7 Å². The highest BCUT2D eigenvalue weighted by Crippen LogP contribution is 2.49. The fraction of sp³-hybridized carbons (Fsp3) is 0.286. The number of rotatable bonds is 1. The van der Waals surface area contributed by atoms with Crippen LogP contribution in [0.3, 0.4) is 0 Å². The van der Waals surface area contributed by atoms with Gasteiger partial charge in [0.2, 0.25) is 9.84 Å². The van der Waals surface area contributed by atoms with E-state index < -0.39 is 15.8 Å². The summed E-state index contributed by atoms with van der Waals surface area (Å²) in [5, 5.41) is 10.7. The molecule has 0 radical (unpaired) electrons. The number of Topliss-reactive ketones (excluding diaryl/α,β-unsaturated/α-hetero) is 1. The van der Waals surface area contributed by atoms with Crippen LogP contribution in [0.4, 0.5) is 0 Å². The zero-order valence-electron chi connectivity index (χ0n) is 14.7. The Kier molecular flexibility index (Phi) is 3.63. The number of sulfone groups is 1. The monoisotopic (exact) mass is 368 g/mol. The lowest BCUT2D eigenvalue weighted by molar-refractivity contribution is -0.118. The van der Waals surface area contributed by atoms with Gasteiger partial charge in [-0.3, -0.25) is 4.79 Å². The van der Waals surface area contributed by atoms with Crippen molar-refractivity contribution in [3.8, 4) is 0 Å². The molecule has 0 unspecified atom stereocenters. The molecule has 2 aromatic rings. The molecule has 5 heteroatoms. The summed E-state index contributed by atoms with van der Waals surface area (Å²) in [5.41, 5.74) is 1.14. The minimum Gasteiger partial charge on any atom is -0.512 e. The molecule has 1 heterocycles. The molecule has 134 valence electrons. The summed E-state index contributed by atoms with van der Waals surface area (Å²) >= 11 is 0. The van der Waals surface area contributed by atoms with Crippen LogP contribution < -0.4 is 0 Å². The lowest BCUT2D eigenvalue weighted by Gasteiger charge is -2.35. The Bertz CT molecular complexity index is 1010. The standard InChI is InChI=1S/C21H20O4S/c1-21(2)11-15(22)20(16(23)12-21)19-13-7-3-5-9-17(13)26(24,25)18-10-6-4-8-14(18)19/h3-10,19,22H,11-12H2,1-2H3. The normalized spacial score (nSPS) is 21.2. The molecule has 0 fully saturated rings. The second-order valence-corrected chi connectivity index (χ2v) is 9.70. The lowest BCUT2D eigenvalue weighted by atomic mass is 9.71. The Balaban J connectivity index is 2.04. The Labute approximate surface area is 153 Å². The summed E-state index contributed by atoms with van der Waals surface area (Å²) in [6.07, 6.45) is 0.738. The van der Waals surface area contributed by atoms with Gasteiger partial charge in [-0.2, -0.15) is 0 Å². The first kappa shape index (κ1) is 17.0. The Morgan fingerprint density at radius 3 is 1.92 bits per heavy atom. The second-order valence-electron chi connectivity index (χ2n) is 7.81. The van der Waals surface area contributed by atoms with Crippen molar-refractivity contribution < 1.29 is 18.3 Å². The summed E-state index contributed by atoms with van der Waals surface area (Å²) in [7, 11) is -3.65. The van der Waals surface area contributed by atoms with Crippen molar-refractivity contribution >= 4 is 15.6 Å². The van der Waals surface area contributed by atoms with Gasteiger partial charge in [-0.1, -0.05) is 50.2 Å². The van der Waals surface area contributed by atoms with Gasteiger partial charge >= 0.3 is 0 Å². The topological polar surface area (TPSA) is 71.4 Å². The fourth-order valence-corrected chi connectivity index (χ4v) is 5.90. The van der Waals surface area contributed by atoms with Gasteiger partial charge in [0.25, 0.3) is 0 Å². The molecule has 0 aromatic heterocycles. The minimum absolute atomic E-state index is 0.0696. The summed E-state index contributed by atoms with van der Waals surface area (Å²) in [4.78, 5) is 13.4. The van der Waals surface area contributed by atoms with E-state index in [9.17, 15) is 18.3 Å². The van der Waals surface area contributed by atoms with Crippen LogP contribution in [0.1, 0.15) is 43.7 Å². The van der Waals surface area contributed by atoms with Gasteiger partial charge in [0.1, 0.15) is 5.76 Å². The van der Waals surface area contributed by atoms with Crippen LogP contribution >= 0.6 is 0 Å². The third kappa shape index (κ3) is 2.42. The summed E-state index contributed by atoms with van der Waals surface area (Å²) in [6, 6.07) is 13.5. The molecule has 0 saturated carbocycles. The molecule has 4 rings (SSSR count). The van der Waals surface area contributed by atoms with Crippen LogP contribution in [0.5, 0.6) is 0 Å². The molecular formula is C21H20O4S. The van der Waals surface area contributed by atoms with Crippen molar-refractivity contribution in [2.75, 3.05) is 0 Å². The molecule has 1 aliphatic heterocycles. The van der Waals surface area contributed by atoms with E-state index in [0.717, 1.165) is 0 Å². The number of ketones is 1. The molecule has 4 nitrogen and oxygen atoms in total. The third-order valence-electron chi connectivity index (χ3n) is 5.22. The number of benzene rings is 2. The number of aliphatic hydroxyl groups excluding tert-OH is 1. The van der Waals surface area contributed by atoms with Crippen molar-refractivity contribution in [2.24, 2.45) is 5.41 Å². The van der Waals surface area contributed by atoms with E-state index in [0.29, 0.717) is 29.5 Å². The molecule has 1 N–H and O–H groups in total. The zero-order chi connectivity index (χ0) is 18.7. The van der Waals surface area contributed by atoms with Crippen molar-refractivity contribution in [1.29, 1.82) is 0 Å². The number of carbonyl (C=O) groups excluding carboxylic acids is 1. The van der Waals surface area contributed by atoms with Crippen LogP contribution in [0.2, 0.25) is 0 Å². The summed E-state index contributed by atoms with van der Waals surface area (Å²) in [5.74, 6) is -0.609. The number of hydrogen-bond donors (Lipinski definition) is 1. The number of fused-ring (bicyclic) bond motifs is 2. The number of aliphatic hydroxyl groups is 1. The van der Waals surface area contributed by atoms with Crippen LogP contribution in [0.15, 0.2) is 69.7 Å². The van der Waals surface area contributed by atoms with Crippen molar-refractivity contribution in [1.82, 2.24) is 0 Å². The smallest absolute Gasteiger partial charge is 0.207 e. The molecule has 26 heavy (non-hydrogen) atoms. The highest BCUT2D eigenvalue weighted by molar-refractivity contribution is 7.91. The number of allylic oxidation sites excluding steroid dienone is 2. The maximum Gasteiger partial charge on any atom is 0.207 e. The van der Waals surface area contributed by atoms with Crippen molar-refractivity contribution in [3.63, 3.8) is 0 Å². The number of hydrogen-bond acceptors (Lipinski definition) is 4.